The number of hydrogen-bond acceptors (Lipinski definition) is 6. The van der Waals surface area contributed by atoms with E-state index in [1.54, 1.807) is 18.3 Å². The molecule has 8 nitrogen and oxygen atoms in total. The van der Waals surface area contributed by atoms with Crippen molar-refractivity contribution in [2.45, 2.75) is 57.4 Å². The predicted molar refractivity (Wildman–Crippen MR) is 96.6 cm³/mol. The smallest absolute Gasteiger partial charge is 0.308 e. The van der Waals surface area contributed by atoms with Crippen molar-refractivity contribution in [2.24, 2.45) is 5.92 Å². The average molecular weight is 372 g/mol. The summed E-state index contributed by atoms with van der Waals surface area (Å²) in [6, 6.07) is 5.10. The Morgan fingerprint density at radius 2 is 2.00 bits per heavy atom. The number of carboxylic acids is 1. The lowest BCUT2D eigenvalue weighted by molar-refractivity contribution is -0.143. The molecule has 0 aromatic carbocycles. The summed E-state index contributed by atoms with van der Waals surface area (Å²) in [4.78, 5) is 32.3. The van der Waals surface area contributed by atoms with Gasteiger partial charge in [-0.1, -0.05) is 36.9 Å². The first-order valence-corrected chi connectivity index (χ1v) is 9.39. The Hall–Kier alpha value is -2.77. The van der Waals surface area contributed by atoms with Crippen LogP contribution in [0.5, 0.6) is 0 Å². The second-order valence-electron chi connectivity index (χ2n) is 6.84. The number of nitrogens with one attached hydrogen (secondary N) is 1. The second-order valence-corrected chi connectivity index (χ2v) is 6.84. The Morgan fingerprint density at radius 3 is 2.74 bits per heavy atom. The fourth-order valence-electron chi connectivity index (χ4n) is 3.41. The van der Waals surface area contributed by atoms with Crippen LogP contribution in [0.15, 0.2) is 28.9 Å². The van der Waals surface area contributed by atoms with Gasteiger partial charge in [-0.05, 0) is 25.0 Å². The quantitative estimate of drug-likeness (QED) is 0.800. The van der Waals surface area contributed by atoms with E-state index in [1.165, 1.54) is 0 Å². The molecule has 0 saturated heterocycles. The topological polar surface area (TPSA) is 118 Å². The molecular formula is C19H24N4O4. The van der Waals surface area contributed by atoms with Crippen molar-refractivity contribution in [3.8, 4) is 11.5 Å². The fourth-order valence-corrected chi connectivity index (χ4v) is 3.41. The van der Waals surface area contributed by atoms with Gasteiger partial charge in [-0.15, -0.1) is 0 Å². The number of aliphatic carboxylic acids is 1. The van der Waals surface area contributed by atoms with Crippen LogP contribution in [-0.2, 0) is 16.0 Å². The minimum absolute atomic E-state index is 0.173. The number of aromatic nitrogens is 3. The summed E-state index contributed by atoms with van der Waals surface area (Å²) in [6.45, 7) is 0. The molecule has 2 aromatic heterocycles. The standard InChI is InChI=1S/C19H24N4O4/c24-16(21-14-8-4-2-1-3-7-13(14)19(25)26)10-11-17-22-18(23-27-17)15-9-5-6-12-20-15/h5-6,9,12-14H,1-4,7-8,10-11H2,(H,21,24)(H,25,26). The minimum atomic E-state index is -0.834. The van der Waals surface area contributed by atoms with Gasteiger partial charge in [0.05, 0.1) is 5.92 Å². The van der Waals surface area contributed by atoms with Gasteiger partial charge < -0.3 is 14.9 Å². The lowest BCUT2D eigenvalue weighted by Crippen LogP contribution is -2.44. The highest BCUT2D eigenvalue weighted by Crippen LogP contribution is 2.23. The maximum atomic E-state index is 12.3. The van der Waals surface area contributed by atoms with E-state index >= 15 is 0 Å². The van der Waals surface area contributed by atoms with E-state index in [1.807, 2.05) is 6.07 Å². The number of pyridine rings is 1. The number of hydrogen-bond donors (Lipinski definition) is 2. The molecule has 1 amide bonds. The number of carbonyl (C=O) groups excluding carboxylic acids is 1. The molecule has 1 aliphatic rings. The van der Waals surface area contributed by atoms with Gasteiger partial charge in [-0.2, -0.15) is 4.98 Å². The van der Waals surface area contributed by atoms with Crippen molar-refractivity contribution in [2.75, 3.05) is 0 Å². The van der Waals surface area contributed by atoms with Gasteiger partial charge in [-0.25, -0.2) is 0 Å². The molecule has 144 valence electrons. The van der Waals surface area contributed by atoms with Crippen LogP contribution in [0.2, 0.25) is 0 Å². The van der Waals surface area contributed by atoms with Gasteiger partial charge in [0.25, 0.3) is 0 Å². The third-order valence-electron chi connectivity index (χ3n) is 4.86. The van der Waals surface area contributed by atoms with Crippen LogP contribution >= 0.6 is 0 Å². The number of nitrogens with zero attached hydrogens (tertiary/aromatic N) is 3. The molecule has 0 aliphatic heterocycles. The first-order chi connectivity index (χ1) is 13.1. The highest BCUT2D eigenvalue weighted by atomic mass is 16.5. The zero-order valence-corrected chi connectivity index (χ0v) is 15.1. The number of carboxylic acid groups (broad SMARTS) is 1. The normalized spacial score (nSPS) is 20.4. The number of aryl methyl sites for hydroxylation is 1. The van der Waals surface area contributed by atoms with E-state index in [-0.39, 0.29) is 18.4 Å². The molecule has 2 N–H and O–H groups in total. The predicted octanol–water partition coefficient (Wildman–Crippen LogP) is 2.60. The second kappa shape index (κ2) is 9.25. The molecule has 0 bridgehead atoms. The molecule has 27 heavy (non-hydrogen) atoms. The van der Waals surface area contributed by atoms with Gasteiger partial charge in [0, 0.05) is 25.1 Å². The number of carbonyl (C=O) groups is 2. The van der Waals surface area contributed by atoms with Crippen LogP contribution in [0.3, 0.4) is 0 Å². The molecule has 0 spiro atoms. The maximum absolute atomic E-state index is 12.3. The van der Waals surface area contributed by atoms with Crippen LogP contribution in [0.25, 0.3) is 11.5 Å². The maximum Gasteiger partial charge on any atom is 0.308 e. The largest absolute Gasteiger partial charge is 0.481 e. The average Bonchev–Trinajstić information content (AvgIpc) is 3.12. The van der Waals surface area contributed by atoms with Crippen LogP contribution in [-0.4, -0.2) is 38.1 Å². The van der Waals surface area contributed by atoms with E-state index in [0.717, 1.165) is 25.7 Å². The lowest BCUT2D eigenvalue weighted by atomic mass is 9.86. The van der Waals surface area contributed by atoms with E-state index in [2.05, 4.69) is 20.4 Å². The molecular weight excluding hydrogens is 348 g/mol. The van der Waals surface area contributed by atoms with Crippen molar-refractivity contribution in [3.63, 3.8) is 0 Å². The van der Waals surface area contributed by atoms with Crippen molar-refractivity contribution in [3.05, 3.63) is 30.3 Å². The first kappa shape index (κ1) is 19.0. The molecule has 0 radical (unpaired) electrons. The Balaban J connectivity index is 1.54. The Morgan fingerprint density at radius 1 is 1.19 bits per heavy atom. The van der Waals surface area contributed by atoms with E-state index in [4.69, 9.17) is 4.52 Å². The van der Waals surface area contributed by atoms with Crippen molar-refractivity contribution in [1.82, 2.24) is 20.4 Å². The molecule has 2 atom stereocenters. The molecule has 2 aromatic rings. The summed E-state index contributed by atoms with van der Waals surface area (Å²) in [5.41, 5.74) is 0.607. The lowest BCUT2D eigenvalue weighted by Gasteiger charge is -2.27. The summed E-state index contributed by atoms with van der Waals surface area (Å²) in [5.74, 6) is -0.799. The fraction of sp³-hybridized carbons (Fsp3) is 0.526. The van der Waals surface area contributed by atoms with Gasteiger partial charge in [0.1, 0.15) is 5.69 Å². The molecule has 1 fully saturated rings. The molecule has 8 heteroatoms. The minimum Gasteiger partial charge on any atom is -0.481 e. The van der Waals surface area contributed by atoms with Gasteiger partial charge in [0.15, 0.2) is 0 Å². The van der Waals surface area contributed by atoms with Crippen molar-refractivity contribution >= 4 is 11.9 Å². The van der Waals surface area contributed by atoms with E-state index in [0.29, 0.717) is 36.7 Å². The highest BCUT2D eigenvalue weighted by Gasteiger charge is 2.29. The number of amides is 1. The monoisotopic (exact) mass is 372 g/mol. The van der Waals surface area contributed by atoms with Gasteiger partial charge >= 0.3 is 5.97 Å². The summed E-state index contributed by atoms with van der Waals surface area (Å²) >= 11 is 0. The van der Waals surface area contributed by atoms with E-state index < -0.39 is 11.9 Å². The Kier molecular flexibility index (Phi) is 6.51. The summed E-state index contributed by atoms with van der Waals surface area (Å²) < 4.78 is 5.18. The first-order valence-electron chi connectivity index (χ1n) is 9.39. The Bertz CT molecular complexity index is 762. The zero-order valence-electron chi connectivity index (χ0n) is 15.1. The van der Waals surface area contributed by atoms with Crippen LogP contribution in [0, 0.1) is 5.92 Å². The van der Waals surface area contributed by atoms with Gasteiger partial charge in [0.2, 0.25) is 17.6 Å². The summed E-state index contributed by atoms with van der Waals surface area (Å²) in [7, 11) is 0. The molecule has 3 rings (SSSR count). The Labute approximate surface area is 157 Å². The molecule has 2 unspecified atom stereocenters. The van der Waals surface area contributed by atoms with E-state index in [9.17, 15) is 14.7 Å². The van der Waals surface area contributed by atoms with Crippen LogP contribution in [0.1, 0.15) is 50.8 Å². The van der Waals surface area contributed by atoms with Gasteiger partial charge in [-0.3, -0.25) is 14.6 Å². The highest BCUT2D eigenvalue weighted by molar-refractivity contribution is 5.78. The molecule has 2 heterocycles. The van der Waals surface area contributed by atoms with Crippen molar-refractivity contribution in [1.29, 1.82) is 0 Å². The third-order valence-corrected chi connectivity index (χ3v) is 4.86. The summed E-state index contributed by atoms with van der Waals surface area (Å²) in [5, 5.41) is 16.3. The van der Waals surface area contributed by atoms with Crippen LogP contribution in [0.4, 0.5) is 0 Å². The zero-order chi connectivity index (χ0) is 19.1. The third kappa shape index (κ3) is 5.35. The van der Waals surface area contributed by atoms with Crippen molar-refractivity contribution < 1.29 is 19.2 Å². The molecule has 1 saturated carbocycles. The van der Waals surface area contributed by atoms with Crippen LogP contribution < -0.4 is 5.32 Å². The number of rotatable bonds is 6. The molecule has 1 aliphatic carbocycles. The SMILES string of the molecule is O=C(CCc1nc(-c2ccccn2)no1)NC1CCCCCCC1C(=O)O. The summed E-state index contributed by atoms with van der Waals surface area (Å²) in [6.07, 6.45) is 7.39.